The number of rotatable bonds is 4. The largest absolute Gasteiger partial charge is 0.433 e. The Labute approximate surface area is 166 Å². The number of hydrogen-bond donors (Lipinski definition) is 0. The summed E-state index contributed by atoms with van der Waals surface area (Å²) in [4.78, 5) is 17.5. The summed E-state index contributed by atoms with van der Waals surface area (Å²) in [5, 5.41) is 4.09. The van der Waals surface area contributed by atoms with Gasteiger partial charge in [-0.05, 0) is 24.0 Å². The Bertz CT molecular complexity index is 1210. The van der Waals surface area contributed by atoms with Crippen molar-refractivity contribution in [1.82, 2.24) is 34.3 Å². The fourth-order valence-corrected chi connectivity index (χ4v) is 3.88. The van der Waals surface area contributed by atoms with Crippen LogP contribution in [-0.4, -0.2) is 45.9 Å². The summed E-state index contributed by atoms with van der Waals surface area (Å²) in [7, 11) is 1.36. The molecule has 0 amide bonds. The molecule has 11 heteroatoms. The summed E-state index contributed by atoms with van der Waals surface area (Å²) < 4.78 is 42.3. The molecule has 0 bridgehead atoms. The lowest BCUT2D eigenvalue weighted by molar-refractivity contribution is -0.141. The molecular formula is C18H16F3N7S. The summed E-state index contributed by atoms with van der Waals surface area (Å²) in [5.74, 6) is 5.94. The molecule has 0 aliphatic heterocycles. The van der Waals surface area contributed by atoms with Crippen molar-refractivity contribution >= 4 is 27.4 Å². The molecule has 4 aromatic heterocycles. The topological polar surface area (TPSA) is 74.3 Å². The molecular weight excluding hydrogens is 403 g/mol. The van der Waals surface area contributed by atoms with Crippen LogP contribution in [0.4, 0.5) is 13.2 Å². The van der Waals surface area contributed by atoms with E-state index in [4.69, 9.17) is 0 Å². The maximum Gasteiger partial charge on any atom is 0.433 e. The number of halogens is 3. The van der Waals surface area contributed by atoms with Gasteiger partial charge in [0.1, 0.15) is 24.0 Å². The van der Waals surface area contributed by atoms with Crippen molar-refractivity contribution in [2.24, 2.45) is 7.05 Å². The number of aryl methyl sites for hydroxylation is 1. The molecule has 4 rings (SSSR count). The van der Waals surface area contributed by atoms with Crippen molar-refractivity contribution in [3.63, 3.8) is 0 Å². The lowest BCUT2D eigenvalue weighted by atomic mass is 10.3. The van der Waals surface area contributed by atoms with Crippen molar-refractivity contribution in [1.29, 1.82) is 0 Å². The molecule has 4 aromatic rings. The van der Waals surface area contributed by atoms with Gasteiger partial charge in [-0.15, -0.1) is 0 Å². The van der Waals surface area contributed by atoms with E-state index in [1.165, 1.54) is 23.5 Å². The van der Waals surface area contributed by atoms with Crippen LogP contribution < -0.4 is 0 Å². The van der Waals surface area contributed by atoms with Crippen LogP contribution in [0.2, 0.25) is 0 Å². The van der Waals surface area contributed by atoms with Crippen molar-refractivity contribution in [3.8, 4) is 17.3 Å². The van der Waals surface area contributed by atoms with E-state index in [1.807, 2.05) is 13.0 Å². The van der Waals surface area contributed by atoms with Gasteiger partial charge in [0.25, 0.3) is 0 Å². The smallest absolute Gasteiger partial charge is 0.325 e. The van der Waals surface area contributed by atoms with Gasteiger partial charge in [0, 0.05) is 11.9 Å². The predicted octanol–water partition coefficient (Wildman–Crippen LogP) is 3.71. The number of hydrogen-bond acceptors (Lipinski definition) is 5. The standard InChI is InChI=1S/C18H16F3N7S/c1-4-29(3)13-5-6-15(28-10-22-9-24-28)26-16(13)17-25-11-7-14(18(19,20)21)23-8-12(11)27(17)2/h5-10H,3-4H2,1-2H3. The Morgan fingerprint density at radius 1 is 1.21 bits per heavy atom. The molecule has 0 saturated carbocycles. The summed E-state index contributed by atoms with van der Waals surface area (Å²) in [6, 6.07) is 4.65. The second-order valence-corrected chi connectivity index (χ2v) is 8.19. The van der Waals surface area contributed by atoms with Crippen molar-refractivity contribution in [3.05, 3.63) is 42.7 Å². The van der Waals surface area contributed by atoms with Gasteiger partial charge in [-0.1, -0.05) is 12.8 Å². The van der Waals surface area contributed by atoms with Crippen LogP contribution in [0.5, 0.6) is 0 Å². The first-order chi connectivity index (χ1) is 13.8. The lowest BCUT2D eigenvalue weighted by Crippen LogP contribution is -2.07. The Morgan fingerprint density at radius 2 is 2.00 bits per heavy atom. The maximum atomic E-state index is 13.0. The third-order valence-corrected chi connectivity index (χ3v) is 6.07. The van der Waals surface area contributed by atoms with E-state index in [1.54, 1.807) is 17.7 Å². The molecule has 1 unspecified atom stereocenters. The summed E-state index contributed by atoms with van der Waals surface area (Å²) in [6.07, 6.45) is -0.444. The van der Waals surface area contributed by atoms with Gasteiger partial charge >= 0.3 is 6.18 Å². The van der Waals surface area contributed by atoms with E-state index in [9.17, 15) is 13.2 Å². The molecule has 0 aliphatic rings. The molecule has 0 spiro atoms. The molecule has 0 radical (unpaired) electrons. The summed E-state index contributed by atoms with van der Waals surface area (Å²) in [6.45, 7) is 2.01. The fraction of sp³-hybridized carbons (Fsp3) is 0.222. The average molecular weight is 419 g/mol. The van der Waals surface area contributed by atoms with Crippen LogP contribution in [0.25, 0.3) is 28.4 Å². The molecule has 0 fully saturated rings. The molecule has 0 aliphatic carbocycles. The fourth-order valence-electron chi connectivity index (χ4n) is 2.89. The van der Waals surface area contributed by atoms with Crippen LogP contribution in [-0.2, 0) is 13.2 Å². The highest BCUT2D eigenvalue weighted by Gasteiger charge is 2.33. The van der Waals surface area contributed by atoms with Gasteiger partial charge in [-0.25, -0.2) is 24.6 Å². The van der Waals surface area contributed by atoms with E-state index in [-0.39, 0.29) is 16.0 Å². The normalized spacial score (nSPS) is 13.1. The van der Waals surface area contributed by atoms with Gasteiger partial charge in [-0.2, -0.15) is 28.8 Å². The monoisotopic (exact) mass is 419 g/mol. The molecule has 29 heavy (non-hydrogen) atoms. The van der Waals surface area contributed by atoms with E-state index in [2.05, 4.69) is 30.9 Å². The van der Waals surface area contributed by atoms with Crippen molar-refractivity contribution < 1.29 is 13.2 Å². The first-order valence-corrected chi connectivity index (χ1v) is 10.1. The number of nitrogens with zero attached hydrogens (tertiary/aromatic N) is 7. The van der Waals surface area contributed by atoms with Crippen LogP contribution in [0.1, 0.15) is 12.6 Å². The highest BCUT2D eigenvalue weighted by Crippen LogP contribution is 2.36. The number of alkyl halides is 3. The SMILES string of the molecule is C=S(CC)c1ccc(-n2cncn2)nc1-c1nc2cc(C(F)(F)F)ncc2n1C. The molecule has 0 aromatic carbocycles. The van der Waals surface area contributed by atoms with Gasteiger partial charge in [-0.3, -0.25) is 0 Å². The molecule has 4 heterocycles. The zero-order valence-electron chi connectivity index (χ0n) is 15.6. The number of imidazole rings is 1. The number of aromatic nitrogens is 7. The number of pyridine rings is 2. The highest BCUT2D eigenvalue weighted by atomic mass is 32.2. The quantitative estimate of drug-likeness (QED) is 0.472. The average Bonchev–Trinajstić information content (AvgIpc) is 3.34. The van der Waals surface area contributed by atoms with Crippen LogP contribution in [0, 0.1) is 0 Å². The van der Waals surface area contributed by atoms with E-state index in [0.29, 0.717) is 22.9 Å². The van der Waals surface area contributed by atoms with E-state index >= 15 is 0 Å². The minimum Gasteiger partial charge on any atom is -0.325 e. The zero-order chi connectivity index (χ0) is 20.8. The minimum absolute atomic E-state index is 0.198. The van der Waals surface area contributed by atoms with Gasteiger partial charge < -0.3 is 4.57 Å². The molecule has 1 atom stereocenters. The maximum absolute atomic E-state index is 13.0. The van der Waals surface area contributed by atoms with Crippen LogP contribution >= 0.6 is 10.5 Å². The van der Waals surface area contributed by atoms with Crippen molar-refractivity contribution in [2.45, 2.75) is 18.0 Å². The predicted molar refractivity (Wildman–Crippen MR) is 105 cm³/mol. The third-order valence-electron chi connectivity index (χ3n) is 4.43. The number of fused-ring (bicyclic) bond motifs is 1. The van der Waals surface area contributed by atoms with E-state index < -0.39 is 11.9 Å². The summed E-state index contributed by atoms with van der Waals surface area (Å²) >= 11 is 0. The molecule has 0 saturated heterocycles. The highest BCUT2D eigenvalue weighted by molar-refractivity contribution is 8.14. The summed E-state index contributed by atoms with van der Waals surface area (Å²) in [5.41, 5.74) is 0.242. The Hall–Kier alpha value is -3.08. The second kappa shape index (κ2) is 7.07. The third kappa shape index (κ3) is 3.41. The van der Waals surface area contributed by atoms with E-state index in [0.717, 1.165) is 16.7 Å². The second-order valence-electron chi connectivity index (χ2n) is 6.19. The lowest BCUT2D eigenvalue weighted by Gasteiger charge is -2.12. The van der Waals surface area contributed by atoms with Gasteiger partial charge in [0.05, 0.1) is 17.2 Å². The molecule has 0 N–H and O–H groups in total. The molecule has 7 nitrogen and oxygen atoms in total. The van der Waals surface area contributed by atoms with Gasteiger partial charge in [0.15, 0.2) is 11.6 Å². The Balaban J connectivity index is 1.94. The van der Waals surface area contributed by atoms with Crippen LogP contribution in [0.3, 0.4) is 0 Å². The Kier molecular flexibility index (Phi) is 4.69. The molecule has 150 valence electrons. The van der Waals surface area contributed by atoms with Crippen LogP contribution in [0.15, 0.2) is 41.9 Å². The first-order valence-electron chi connectivity index (χ1n) is 8.56. The first kappa shape index (κ1) is 19.2. The van der Waals surface area contributed by atoms with Gasteiger partial charge in [0.2, 0.25) is 0 Å². The zero-order valence-corrected chi connectivity index (χ0v) is 16.4. The minimum atomic E-state index is -4.54. The van der Waals surface area contributed by atoms with Crippen molar-refractivity contribution in [2.75, 3.05) is 5.75 Å². The Morgan fingerprint density at radius 3 is 2.66 bits per heavy atom.